The molecule has 5 nitrogen and oxygen atoms in total. The summed E-state index contributed by atoms with van der Waals surface area (Å²) in [6.07, 6.45) is 0. The average molecular weight is 266 g/mol. The van der Waals surface area contributed by atoms with Crippen LogP contribution in [0.4, 0.5) is 11.6 Å². The molecule has 0 atom stereocenters. The van der Waals surface area contributed by atoms with Gasteiger partial charge in [0.15, 0.2) is 5.82 Å². The van der Waals surface area contributed by atoms with Gasteiger partial charge in [0.25, 0.3) is 0 Å². The SMILES string of the molecule is COCc1nc(N)cc(N(CC(C)C)CC(C)C)n1. The molecule has 0 amide bonds. The number of nitrogens with zero attached hydrogens (tertiary/aromatic N) is 3. The zero-order valence-corrected chi connectivity index (χ0v) is 12.7. The van der Waals surface area contributed by atoms with Crippen LogP contribution in [0.2, 0.25) is 0 Å². The topological polar surface area (TPSA) is 64.3 Å². The number of aromatic nitrogens is 2. The van der Waals surface area contributed by atoms with Gasteiger partial charge in [0.05, 0.1) is 0 Å². The lowest BCUT2D eigenvalue weighted by Gasteiger charge is -2.27. The number of hydrogen-bond donors (Lipinski definition) is 1. The Labute approximate surface area is 116 Å². The van der Waals surface area contributed by atoms with Crippen LogP contribution < -0.4 is 10.6 Å². The molecule has 1 aromatic heterocycles. The first-order chi connectivity index (χ1) is 8.92. The maximum absolute atomic E-state index is 5.86. The highest BCUT2D eigenvalue weighted by atomic mass is 16.5. The number of rotatable bonds is 7. The Morgan fingerprint density at radius 2 is 1.74 bits per heavy atom. The predicted octanol–water partition coefficient (Wildman–Crippen LogP) is 2.32. The van der Waals surface area contributed by atoms with E-state index in [1.165, 1.54) is 0 Å². The highest BCUT2D eigenvalue weighted by Gasteiger charge is 2.14. The zero-order valence-electron chi connectivity index (χ0n) is 12.7. The van der Waals surface area contributed by atoms with Gasteiger partial charge in [0, 0.05) is 26.3 Å². The summed E-state index contributed by atoms with van der Waals surface area (Å²) in [6.45, 7) is 11.1. The molecule has 108 valence electrons. The normalized spacial score (nSPS) is 11.3. The van der Waals surface area contributed by atoms with Gasteiger partial charge < -0.3 is 15.4 Å². The van der Waals surface area contributed by atoms with Crippen LogP contribution in [0.15, 0.2) is 6.07 Å². The smallest absolute Gasteiger partial charge is 0.158 e. The van der Waals surface area contributed by atoms with Gasteiger partial charge >= 0.3 is 0 Å². The molecule has 0 bridgehead atoms. The van der Waals surface area contributed by atoms with Crippen LogP contribution in [0.3, 0.4) is 0 Å². The van der Waals surface area contributed by atoms with Gasteiger partial charge in [-0.15, -0.1) is 0 Å². The summed E-state index contributed by atoms with van der Waals surface area (Å²) in [4.78, 5) is 11.0. The molecule has 0 aromatic carbocycles. The van der Waals surface area contributed by atoms with Gasteiger partial charge in [0.2, 0.25) is 0 Å². The van der Waals surface area contributed by atoms with Crippen molar-refractivity contribution in [2.75, 3.05) is 30.8 Å². The zero-order chi connectivity index (χ0) is 14.4. The molecule has 19 heavy (non-hydrogen) atoms. The van der Waals surface area contributed by atoms with Crippen LogP contribution in [0.1, 0.15) is 33.5 Å². The maximum Gasteiger partial charge on any atom is 0.158 e. The third-order valence-corrected chi connectivity index (χ3v) is 2.55. The van der Waals surface area contributed by atoms with E-state index in [1.54, 1.807) is 7.11 Å². The lowest BCUT2D eigenvalue weighted by atomic mass is 10.1. The molecule has 1 heterocycles. The fourth-order valence-electron chi connectivity index (χ4n) is 2.00. The van der Waals surface area contributed by atoms with Crippen molar-refractivity contribution in [3.05, 3.63) is 11.9 Å². The Bertz CT molecular complexity index is 383. The largest absolute Gasteiger partial charge is 0.384 e. The Balaban J connectivity index is 2.99. The molecule has 0 fully saturated rings. The summed E-state index contributed by atoms with van der Waals surface area (Å²) in [5.41, 5.74) is 5.86. The average Bonchev–Trinajstić information content (AvgIpc) is 2.26. The van der Waals surface area contributed by atoms with Gasteiger partial charge in [-0.1, -0.05) is 27.7 Å². The van der Waals surface area contributed by atoms with Crippen LogP contribution in [-0.4, -0.2) is 30.2 Å². The van der Waals surface area contributed by atoms with Crippen LogP contribution in [0.25, 0.3) is 0 Å². The van der Waals surface area contributed by atoms with E-state index in [1.807, 2.05) is 6.07 Å². The molecule has 0 unspecified atom stereocenters. The first-order valence-electron chi connectivity index (χ1n) is 6.79. The van der Waals surface area contributed by atoms with Crippen LogP contribution in [-0.2, 0) is 11.3 Å². The van der Waals surface area contributed by atoms with Crippen molar-refractivity contribution in [2.45, 2.75) is 34.3 Å². The third kappa shape index (κ3) is 5.42. The number of methoxy groups -OCH3 is 1. The minimum atomic E-state index is 0.384. The highest BCUT2D eigenvalue weighted by Crippen LogP contribution is 2.17. The van der Waals surface area contributed by atoms with E-state index in [4.69, 9.17) is 10.5 Å². The van der Waals surface area contributed by atoms with Gasteiger partial charge in [0.1, 0.15) is 18.2 Å². The summed E-state index contributed by atoms with van der Waals surface area (Å²) >= 11 is 0. The maximum atomic E-state index is 5.86. The number of ether oxygens (including phenoxy) is 1. The van der Waals surface area contributed by atoms with Gasteiger partial charge in [-0.2, -0.15) is 0 Å². The molecule has 0 saturated heterocycles. The van der Waals surface area contributed by atoms with Crippen molar-refractivity contribution < 1.29 is 4.74 Å². The predicted molar refractivity (Wildman–Crippen MR) is 79.0 cm³/mol. The summed E-state index contributed by atoms with van der Waals surface area (Å²) in [7, 11) is 1.63. The molecule has 0 aliphatic carbocycles. The molecule has 0 aliphatic rings. The molecule has 2 N–H and O–H groups in total. The van der Waals surface area contributed by atoms with E-state index in [0.29, 0.717) is 30.1 Å². The summed E-state index contributed by atoms with van der Waals surface area (Å²) in [5.74, 6) is 3.16. The highest BCUT2D eigenvalue weighted by molar-refractivity contribution is 5.47. The van der Waals surface area contributed by atoms with Gasteiger partial charge in [-0.05, 0) is 11.8 Å². The van der Waals surface area contributed by atoms with E-state index in [2.05, 4.69) is 42.6 Å². The Morgan fingerprint density at radius 1 is 1.16 bits per heavy atom. The number of nitrogens with two attached hydrogens (primary N) is 1. The first-order valence-corrected chi connectivity index (χ1v) is 6.79. The lowest BCUT2D eigenvalue weighted by molar-refractivity contribution is 0.178. The molecule has 0 spiro atoms. The first kappa shape index (κ1) is 15.7. The standard InChI is InChI=1S/C14H26N4O/c1-10(2)7-18(8-11(3)4)14-6-12(15)16-13(17-14)9-19-5/h6,10-11H,7-9H2,1-5H3,(H2,15,16,17). The van der Waals surface area contributed by atoms with E-state index in [9.17, 15) is 0 Å². The Morgan fingerprint density at radius 3 is 2.21 bits per heavy atom. The van der Waals surface area contributed by atoms with Crippen molar-refractivity contribution in [3.63, 3.8) is 0 Å². The van der Waals surface area contributed by atoms with Crippen LogP contribution >= 0.6 is 0 Å². The second-order valence-electron chi connectivity index (χ2n) is 5.69. The second kappa shape index (κ2) is 7.28. The quantitative estimate of drug-likeness (QED) is 0.820. The van der Waals surface area contributed by atoms with E-state index in [0.717, 1.165) is 18.9 Å². The van der Waals surface area contributed by atoms with Crippen molar-refractivity contribution in [3.8, 4) is 0 Å². The molecule has 1 rings (SSSR count). The molecule has 5 heteroatoms. The summed E-state index contributed by atoms with van der Waals surface area (Å²) in [5, 5.41) is 0. The van der Waals surface area contributed by atoms with E-state index < -0.39 is 0 Å². The van der Waals surface area contributed by atoms with Crippen molar-refractivity contribution in [1.82, 2.24) is 9.97 Å². The van der Waals surface area contributed by atoms with Crippen LogP contribution in [0.5, 0.6) is 0 Å². The Hall–Kier alpha value is -1.36. The molecule has 0 aliphatic heterocycles. The van der Waals surface area contributed by atoms with Crippen molar-refractivity contribution in [2.24, 2.45) is 11.8 Å². The summed E-state index contributed by atoms with van der Waals surface area (Å²) < 4.78 is 5.08. The fourth-order valence-corrected chi connectivity index (χ4v) is 2.00. The van der Waals surface area contributed by atoms with E-state index in [-0.39, 0.29) is 0 Å². The lowest BCUT2D eigenvalue weighted by Crippen LogP contribution is -2.32. The fraction of sp³-hybridized carbons (Fsp3) is 0.714. The number of anilines is 2. The summed E-state index contributed by atoms with van der Waals surface area (Å²) in [6, 6.07) is 1.84. The monoisotopic (exact) mass is 266 g/mol. The molecule has 1 aromatic rings. The third-order valence-electron chi connectivity index (χ3n) is 2.55. The van der Waals surface area contributed by atoms with Crippen molar-refractivity contribution in [1.29, 1.82) is 0 Å². The number of hydrogen-bond acceptors (Lipinski definition) is 5. The minimum absolute atomic E-state index is 0.384. The molecule has 0 saturated carbocycles. The van der Waals surface area contributed by atoms with Crippen LogP contribution in [0, 0.1) is 11.8 Å². The molecule has 0 radical (unpaired) electrons. The Kier molecular flexibility index (Phi) is 6.02. The van der Waals surface area contributed by atoms with Gasteiger partial charge in [-0.25, -0.2) is 9.97 Å². The minimum Gasteiger partial charge on any atom is -0.384 e. The number of nitrogen functional groups attached to an aromatic ring is 1. The van der Waals surface area contributed by atoms with Crippen molar-refractivity contribution >= 4 is 11.6 Å². The molecular weight excluding hydrogens is 240 g/mol. The molecular formula is C14H26N4O. The van der Waals surface area contributed by atoms with Gasteiger partial charge in [-0.3, -0.25) is 0 Å². The van der Waals surface area contributed by atoms with E-state index >= 15 is 0 Å². The second-order valence-corrected chi connectivity index (χ2v) is 5.69.